The lowest BCUT2D eigenvalue weighted by Gasteiger charge is -2.13. The Balaban J connectivity index is 1.84. The molecule has 0 aliphatic heterocycles. The molecular weight excluding hydrogens is 350 g/mol. The summed E-state index contributed by atoms with van der Waals surface area (Å²) < 4.78 is 10.9. The van der Waals surface area contributed by atoms with Crippen molar-refractivity contribution < 1.29 is 14.4 Å². The summed E-state index contributed by atoms with van der Waals surface area (Å²) in [5.41, 5.74) is 7.74. The van der Waals surface area contributed by atoms with Gasteiger partial charge in [-0.1, -0.05) is 6.07 Å². The molecular formula is C18H19N5O4. The van der Waals surface area contributed by atoms with Gasteiger partial charge in [0, 0.05) is 17.7 Å². The van der Waals surface area contributed by atoms with Gasteiger partial charge in [0.2, 0.25) is 0 Å². The highest BCUT2D eigenvalue weighted by Gasteiger charge is 2.17. The van der Waals surface area contributed by atoms with Crippen LogP contribution in [0.25, 0.3) is 11.4 Å². The van der Waals surface area contributed by atoms with Gasteiger partial charge in [-0.15, -0.1) is 0 Å². The largest absolute Gasteiger partial charge is 0.493 e. The molecule has 0 bridgehead atoms. The third kappa shape index (κ3) is 3.87. The average molecular weight is 369 g/mol. The molecule has 0 aliphatic rings. The lowest BCUT2D eigenvalue weighted by atomic mass is 10.1. The van der Waals surface area contributed by atoms with Gasteiger partial charge in [0.25, 0.3) is 5.69 Å². The summed E-state index contributed by atoms with van der Waals surface area (Å²) in [6.45, 7) is 2.43. The van der Waals surface area contributed by atoms with Crippen molar-refractivity contribution in [1.82, 2.24) is 15.2 Å². The van der Waals surface area contributed by atoms with Gasteiger partial charge in [0.15, 0.2) is 17.3 Å². The Morgan fingerprint density at radius 1 is 1.22 bits per heavy atom. The van der Waals surface area contributed by atoms with Crippen LogP contribution in [0.5, 0.6) is 11.5 Å². The summed E-state index contributed by atoms with van der Waals surface area (Å²) in [6.07, 6.45) is 0. The van der Waals surface area contributed by atoms with Crippen LogP contribution >= 0.6 is 0 Å². The summed E-state index contributed by atoms with van der Waals surface area (Å²) in [7, 11) is 1.56. The molecule has 0 saturated carbocycles. The number of hydrogen-bond acceptors (Lipinski definition) is 7. The molecule has 3 aromatic rings. The van der Waals surface area contributed by atoms with Crippen molar-refractivity contribution in [2.45, 2.75) is 13.0 Å². The van der Waals surface area contributed by atoms with Crippen molar-refractivity contribution >= 4 is 5.69 Å². The maximum Gasteiger partial charge on any atom is 0.269 e. The summed E-state index contributed by atoms with van der Waals surface area (Å²) in [5.74, 6) is 2.10. The molecule has 27 heavy (non-hydrogen) atoms. The lowest BCUT2D eigenvalue weighted by molar-refractivity contribution is -0.384. The number of ether oxygens (including phenoxy) is 2. The second kappa shape index (κ2) is 7.83. The van der Waals surface area contributed by atoms with E-state index in [9.17, 15) is 10.1 Å². The fourth-order valence-electron chi connectivity index (χ4n) is 2.58. The fraction of sp³-hybridized carbons (Fsp3) is 0.222. The monoisotopic (exact) mass is 369 g/mol. The smallest absolute Gasteiger partial charge is 0.269 e. The van der Waals surface area contributed by atoms with Crippen LogP contribution in [0.15, 0.2) is 42.5 Å². The van der Waals surface area contributed by atoms with E-state index in [2.05, 4.69) is 15.2 Å². The number of rotatable bonds is 7. The number of hydrogen-bond donors (Lipinski definition) is 2. The third-order valence-corrected chi connectivity index (χ3v) is 3.98. The molecule has 1 aromatic heterocycles. The van der Waals surface area contributed by atoms with E-state index < -0.39 is 11.0 Å². The van der Waals surface area contributed by atoms with Crippen LogP contribution in [0.3, 0.4) is 0 Å². The first-order chi connectivity index (χ1) is 13.0. The first kappa shape index (κ1) is 18.3. The zero-order valence-electron chi connectivity index (χ0n) is 14.9. The molecule has 0 saturated heterocycles. The normalized spacial score (nSPS) is 11.8. The van der Waals surface area contributed by atoms with Crippen LogP contribution in [-0.2, 0) is 0 Å². The number of methoxy groups -OCH3 is 1. The zero-order chi connectivity index (χ0) is 19.4. The third-order valence-electron chi connectivity index (χ3n) is 3.98. The Labute approximate surface area is 155 Å². The zero-order valence-corrected chi connectivity index (χ0v) is 14.9. The molecule has 0 radical (unpaired) electrons. The number of nitro benzene ring substituents is 1. The summed E-state index contributed by atoms with van der Waals surface area (Å²) in [4.78, 5) is 14.7. The van der Waals surface area contributed by atoms with Crippen molar-refractivity contribution in [2.75, 3.05) is 13.7 Å². The van der Waals surface area contributed by atoms with Crippen LogP contribution in [-0.4, -0.2) is 33.8 Å². The van der Waals surface area contributed by atoms with Crippen LogP contribution in [0.4, 0.5) is 5.69 Å². The van der Waals surface area contributed by atoms with Crippen molar-refractivity contribution in [3.8, 4) is 22.9 Å². The van der Waals surface area contributed by atoms with Crippen molar-refractivity contribution in [1.29, 1.82) is 0 Å². The number of nitrogens with one attached hydrogen (secondary N) is 1. The molecule has 0 amide bonds. The van der Waals surface area contributed by atoms with Crippen molar-refractivity contribution in [3.63, 3.8) is 0 Å². The maximum atomic E-state index is 10.7. The standard InChI is InChI=1S/C18H19N5O4/c1-3-27-14-9-6-12(10-15(14)26-2)16(19)18-20-17(21-22-18)11-4-7-13(8-5-11)23(24)25/h4-10,16H,3,19H2,1-2H3,(H,20,21,22)/t16-/m1/s1. The highest BCUT2D eigenvalue weighted by atomic mass is 16.6. The number of nitro groups is 1. The van der Waals surface area contributed by atoms with Gasteiger partial charge in [-0.3, -0.25) is 15.2 Å². The minimum atomic E-state index is -0.547. The first-order valence-electron chi connectivity index (χ1n) is 8.27. The van der Waals surface area contributed by atoms with Crippen LogP contribution in [0, 0.1) is 10.1 Å². The Bertz CT molecular complexity index is 939. The predicted octanol–water partition coefficient (Wildman–Crippen LogP) is 2.84. The van der Waals surface area contributed by atoms with Gasteiger partial charge in [0.05, 0.1) is 24.7 Å². The second-order valence-electron chi connectivity index (χ2n) is 5.67. The topological polar surface area (TPSA) is 129 Å². The van der Waals surface area contributed by atoms with Crippen molar-refractivity contribution in [2.24, 2.45) is 5.73 Å². The molecule has 2 aromatic carbocycles. The maximum absolute atomic E-state index is 10.7. The Morgan fingerprint density at radius 3 is 2.59 bits per heavy atom. The van der Waals surface area contributed by atoms with Crippen LogP contribution < -0.4 is 15.2 Å². The van der Waals surface area contributed by atoms with E-state index in [4.69, 9.17) is 15.2 Å². The lowest BCUT2D eigenvalue weighted by Crippen LogP contribution is -2.14. The summed E-state index contributed by atoms with van der Waals surface area (Å²) in [6, 6.07) is 10.9. The molecule has 3 rings (SSSR count). The SMILES string of the molecule is CCOc1ccc([C@@H](N)c2nc(-c3ccc([N+](=O)[O-])cc3)n[nH]2)cc1OC. The molecule has 9 nitrogen and oxygen atoms in total. The van der Waals surface area contributed by atoms with Crippen LogP contribution in [0.1, 0.15) is 24.4 Å². The number of nitrogens with zero attached hydrogens (tertiary/aromatic N) is 3. The number of H-pyrrole nitrogens is 1. The highest BCUT2D eigenvalue weighted by Crippen LogP contribution is 2.31. The van der Waals surface area contributed by atoms with Gasteiger partial charge >= 0.3 is 0 Å². The Morgan fingerprint density at radius 2 is 1.96 bits per heavy atom. The molecule has 140 valence electrons. The van der Waals surface area contributed by atoms with Gasteiger partial charge in [-0.2, -0.15) is 5.10 Å². The van der Waals surface area contributed by atoms with Gasteiger partial charge in [-0.05, 0) is 36.8 Å². The van der Waals surface area contributed by atoms with E-state index in [1.54, 1.807) is 31.4 Å². The molecule has 1 atom stereocenters. The van der Waals surface area contributed by atoms with Gasteiger partial charge in [0.1, 0.15) is 5.82 Å². The quantitative estimate of drug-likeness (QED) is 0.484. The molecule has 9 heteroatoms. The number of nitrogens with two attached hydrogens (primary N) is 1. The van der Waals surface area contributed by atoms with Gasteiger partial charge < -0.3 is 15.2 Å². The number of benzene rings is 2. The molecule has 0 spiro atoms. The number of non-ortho nitro benzene ring substituents is 1. The number of aromatic nitrogens is 3. The molecule has 0 fully saturated rings. The first-order valence-corrected chi connectivity index (χ1v) is 8.27. The fourth-order valence-corrected chi connectivity index (χ4v) is 2.58. The Kier molecular flexibility index (Phi) is 5.32. The van der Waals surface area contributed by atoms with E-state index in [-0.39, 0.29) is 5.69 Å². The van der Waals surface area contributed by atoms with Gasteiger partial charge in [-0.25, -0.2) is 4.98 Å². The number of aromatic amines is 1. The minimum absolute atomic E-state index is 0.00712. The molecule has 0 unspecified atom stereocenters. The summed E-state index contributed by atoms with van der Waals surface area (Å²) >= 11 is 0. The molecule has 0 aliphatic carbocycles. The average Bonchev–Trinajstić information content (AvgIpc) is 3.18. The molecule has 3 N–H and O–H groups in total. The molecule has 1 heterocycles. The van der Waals surface area contributed by atoms with E-state index >= 15 is 0 Å². The highest BCUT2D eigenvalue weighted by molar-refractivity contribution is 5.57. The summed E-state index contributed by atoms with van der Waals surface area (Å²) in [5, 5.41) is 17.7. The second-order valence-corrected chi connectivity index (χ2v) is 5.67. The van der Waals surface area contributed by atoms with Crippen LogP contribution in [0.2, 0.25) is 0 Å². The predicted molar refractivity (Wildman–Crippen MR) is 98.7 cm³/mol. The van der Waals surface area contributed by atoms with E-state index in [1.807, 2.05) is 13.0 Å². The van der Waals surface area contributed by atoms with Crippen molar-refractivity contribution in [3.05, 3.63) is 64.0 Å². The Hall–Kier alpha value is -3.46. The minimum Gasteiger partial charge on any atom is -0.493 e. The van der Waals surface area contributed by atoms with E-state index in [0.29, 0.717) is 35.3 Å². The van der Waals surface area contributed by atoms with E-state index in [0.717, 1.165) is 5.56 Å². The van der Waals surface area contributed by atoms with E-state index in [1.165, 1.54) is 12.1 Å².